The molecule has 0 fully saturated rings. The van der Waals surface area contributed by atoms with Crippen molar-refractivity contribution >= 4 is 27.9 Å². The molecule has 32 heavy (non-hydrogen) atoms. The van der Waals surface area contributed by atoms with E-state index in [1.54, 1.807) is 24.3 Å². The minimum Gasteiger partial charge on any atom is -0.488 e. The monoisotopic (exact) mass is 485 g/mol. The molecule has 0 bridgehead atoms. The van der Waals surface area contributed by atoms with Gasteiger partial charge in [-0.1, -0.05) is 64.5 Å². The van der Waals surface area contributed by atoms with Gasteiger partial charge < -0.3 is 10.1 Å². The van der Waals surface area contributed by atoms with Gasteiger partial charge in [-0.15, -0.1) is 0 Å². The van der Waals surface area contributed by atoms with Crippen molar-refractivity contribution in [3.8, 4) is 17.9 Å². The molecule has 5 nitrogen and oxygen atoms in total. The van der Waals surface area contributed by atoms with E-state index in [1.165, 1.54) is 6.08 Å². The van der Waals surface area contributed by atoms with Crippen molar-refractivity contribution < 1.29 is 9.53 Å². The van der Waals surface area contributed by atoms with Crippen LogP contribution in [0.5, 0.6) is 5.75 Å². The summed E-state index contributed by atoms with van der Waals surface area (Å²) in [5, 5.41) is 21.7. The molecule has 6 heteroatoms. The fourth-order valence-electron chi connectivity index (χ4n) is 3.08. The van der Waals surface area contributed by atoms with Crippen molar-refractivity contribution in [1.29, 1.82) is 10.5 Å². The molecule has 158 valence electrons. The van der Waals surface area contributed by atoms with E-state index in [1.807, 2.05) is 61.5 Å². The molecule has 0 unspecified atom stereocenters. The lowest BCUT2D eigenvalue weighted by Crippen LogP contribution is -2.27. The highest BCUT2D eigenvalue weighted by atomic mass is 79.9. The van der Waals surface area contributed by atoms with Crippen molar-refractivity contribution in [2.24, 2.45) is 0 Å². The van der Waals surface area contributed by atoms with Crippen LogP contribution in [0.3, 0.4) is 0 Å². The normalized spacial score (nSPS) is 11.7. The summed E-state index contributed by atoms with van der Waals surface area (Å²) in [4.78, 5) is 12.7. The molecule has 1 N–H and O–H groups in total. The van der Waals surface area contributed by atoms with Crippen LogP contribution in [0.15, 0.2) is 82.8 Å². The van der Waals surface area contributed by atoms with Crippen LogP contribution < -0.4 is 10.1 Å². The minimum atomic E-state index is -0.468. The summed E-state index contributed by atoms with van der Waals surface area (Å²) in [6.45, 7) is 2.05. The average Bonchev–Trinajstić information content (AvgIpc) is 2.82. The van der Waals surface area contributed by atoms with Gasteiger partial charge in [-0.25, -0.2) is 0 Å². The summed E-state index contributed by atoms with van der Waals surface area (Å²) < 4.78 is 6.72. The highest BCUT2D eigenvalue weighted by Crippen LogP contribution is 2.27. The van der Waals surface area contributed by atoms with Crippen molar-refractivity contribution in [3.63, 3.8) is 0 Å². The first kappa shape index (κ1) is 22.8. The summed E-state index contributed by atoms with van der Waals surface area (Å²) >= 11 is 3.42. The molecular weight excluding hydrogens is 466 g/mol. The average molecular weight is 486 g/mol. The first-order chi connectivity index (χ1) is 15.5. The van der Waals surface area contributed by atoms with Crippen molar-refractivity contribution in [3.05, 3.63) is 105 Å². The van der Waals surface area contributed by atoms with Crippen LogP contribution >= 0.6 is 15.9 Å². The van der Waals surface area contributed by atoms with Gasteiger partial charge in [0.1, 0.15) is 24.0 Å². The number of amides is 1. The lowest BCUT2D eigenvalue weighted by molar-refractivity contribution is -0.117. The third-order valence-corrected chi connectivity index (χ3v) is 5.30. The van der Waals surface area contributed by atoms with Gasteiger partial charge >= 0.3 is 0 Å². The Hall–Kier alpha value is -3.87. The van der Waals surface area contributed by atoms with E-state index >= 15 is 0 Å². The zero-order valence-electron chi connectivity index (χ0n) is 17.4. The zero-order valence-corrected chi connectivity index (χ0v) is 19.0. The van der Waals surface area contributed by atoms with Crippen LogP contribution in [0.4, 0.5) is 0 Å². The smallest absolute Gasteiger partial charge is 0.262 e. The summed E-state index contributed by atoms with van der Waals surface area (Å²) in [5.74, 6) is 0.0298. The first-order valence-corrected chi connectivity index (χ1v) is 10.7. The van der Waals surface area contributed by atoms with Crippen LogP contribution in [-0.4, -0.2) is 5.91 Å². The van der Waals surface area contributed by atoms with Gasteiger partial charge in [0.05, 0.1) is 17.7 Å². The molecule has 0 radical (unpaired) electrons. The fourth-order valence-corrected chi connectivity index (χ4v) is 3.46. The number of hydrogen-bond acceptors (Lipinski definition) is 4. The maximum absolute atomic E-state index is 12.7. The van der Waals surface area contributed by atoms with E-state index in [9.17, 15) is 15.3 Å². The van der Waals surface area contributed by atoms with Crippen LogP contribution in [0.2, 0.25) is 0 Å². The van der Waals surface area contributed by atoms with Gasteiger partial charge in [0.15, 0.2) is 0 Å². The maximum atomic E-state index is 12.7. The standard InChI is InChI=1S/C26H20BrN3O2/c1-18(19-7-3-2-4-8-19)30-26(31)23(16-29)13-22-14-24(27)11-12-25(22)32-17-21-10-6-5-9-20(21)15-28/h2-14,18H,17H2,1H3,(H,30,31)/b23-13-/t18-/m0/s1. The van der Waals surface area contributed by atoms with Crippen LogP contribution in [0, 0.1) is 22.7 Å². The van der Waals surface area contributed by atoms with Crippen LogP contribution in [0.1, 0.15) is 35.2 Å². The number of halogens is 1. The molecule has 0 spiro atoms. The predicted octanol–water partition coefficient (Wildman–Crippen LogP) is 5.68. The van der Waals surface area contributed by atoms with E-state index in [2.05, 4.69) is 27.3 Å². The number of benzene rings is 3. The van der Waals surface area contributed by atoms with Crippen LogP contribution in [-0.2, 0) is 11.4 Å². The van der Waals surface area contributed by atoms with Crippen LogP contribution in [0.25, 0.3) is 6.08 Å². The molecule has 0 aliphatic heterocycles. The molecule has 0 aliphatic carbocycles. The molecule has 1 atom stereocenters. The van der Waals surface area contributed by atoms with E-state index < -0.39 is 5.91 Å². The van der Waals surface area contributed by atoms with Crippen molar-refractivity contribution in [1.82, 2.24) is 5.32 Å². The Morgan fingerprint density at radius 1 is 1.09 bits per heavy atom. The van der Waals surface area contributed by atoms with E-state index in [0.29, 0.717) is 16.9 Å². The molecule has 0 aromatic heterocycles. The van der Waals surface area contributed by atoms with E-state index in [0.717, 1.165) is 15.6 Å². The Kier molecular flexibility index (Phi) is 7.80. The number of nitrogens with one attached hydrogen (secondary N) is 1. The quantitative estimate of drug-likeness (QED) is 0.344. The highest BCUT2D eigenvalue weighted by molar-refractivity contribution is 9.10. The van der Waals surface area contributed by atoms with Gasteiger partial charge in [0.2, 0.25) is 0 Å². The molecule has 3 aromatic carbocycles. The topological polar surface area (TPSA) is 85.9 Å². The van der Waals surface area contributed by atoms with E-state index in [4.69, 9.17) is 4.74 Å². The summed E-state index contributed by atoms with van der Waals surface area (Å²) in [5.41, 5.74) is 2.78. The predicted molar refractivity (Wildman–Crippen MR) is 126 cm³/mol. The number of carbonyl (C=O) groups excluding carboxylic acids is 1. The Labute approximate surface area is 195 Å². The van der Waals surface area contributed by atoms with Crippen molar-refractivity contribution in [2.45, 2.75) is 19.6 Å². The summed E-state index contributed by atoms with van der Waals surface area (Å²) in [7, 11) is 0. The third kappa shape index (κ3) is 5.85. The number of rotatable bonds is 7. The Bertz CT molecular complexity index is 1220. The van der Waals surface area contributed by atoms with Gasteiger partial charge in [0, 0.05) is 15.6 Å². The molecule has 0 heterocycles. The summed E-state index contributed by atoms with van der Waals surface area (Å²) in [6, 6.07) is 25.9. The largest absolute Gasteiger partial charge is 0.488 e. The van der Waals surface area contributed by atoms with Gasteiger partial charge in [-0.05, 0) is 42.8 Å². The number of nitrogens with zero attached hydrogens (tertiary/aromatic N) is 2. The number of nitriles is 2. The second kappa shape index (κ2) is 10.9. The zero-order chi connectivity index (χ0) is 22.9. The lowest BCUT2D eigenvalue weighted by atomic mass is 10.1. The Morgan fingerprint density at radius 3 is 2.53 bits per heavy atom. The van der Waals surface area contributed by atoms with Crippen molar-refractivity contribution in [2.75, 3.05) is 0 Å². The second-order valence-corrected chi connectivity index (χ2v) is 7.93. The minimum absolute atomic E-state index is 0.0341. The Balaban J connectivity index is 1.82. The van der Waals surface area contributed by atoms with Gasteiger partial charge in [-0.2, -0.15) is 10.5 Å². The molecular formula is C26H20BrN3O2. The van der Waals surface area contributed by atoms with E-state index in [-0.39, 0.29) is 18.2 Å². The molecule has 0 saturated heterocycles. The maximum Gasteiger partial charge on any atom is 0.262 e. The number of ether oxygens (including phenoxy) is 1. The Morgan fingerprint density at radius 2 is 1.81 bits per heavy atom. The molecule has 0 aliphatic rings. The molecule has 1 amide bonds. The number of hydrogen-bond donors (Lipinski definition) is 1. The molecule has 3 aromatic rings. The number of carbonyl (C=O) groups is 1. The lowest BCUT2D eigenvalue weighted by Gasteiger charge is -2.14. The van der Waals surface area contributed by atoms with Gasteiger partial charge in [-0.3, -0.25) is 4.79 Å². The highest BCUT2D eigenvalue weighted by Gasteiger charge is 2.15. The second-order valence-electron chi connectivity index (χ2n) is 7.02. The SMILES string of the molecule is C[C@H](NC(=O)/C(C#N)=C\c1cc(Br)ccc1OCc1ccccc1C#N)c1ccccc1. The summed E-state index contributed by atoms with van der Waals surface area (Å²) in [6.07, 6.45) is 1.50. The first-order valence-electron chi connectivity index (χ1n) is 9.89. The molecule has 0 saturated carbocycles. The fraction of sp³-hybridized carbons (Fsp3) is 0.115. The third-order valence-electron chi connectivity index (χ3n) is 4.80. The van der Waals surface area contributed by atoms with Gasteiger partial charge in [0.25, 0.3) is 5.91 Å². The molecule has 3 rings (SSSR count).